The molecule has 0 aromatic heterocycles. The number of nitrogens with zero attached hydrogens (tertiary/aromatic N) is 1. The molecule has 0 atom stereocenters. The van der Waals surface area contributed by atoms with Gasteiger partial charge in [0.15, 0.2) is 0 Å². The molecule has 21 heavy (non-hydrogen) atoms. The summed E-state index contributed by atoms with van der Waals surface area (Å²) in [6.45, 7) is 6.25. The Labute approximate surface area is 130 Å². The lowest BCUT2D eigenvalue weighted by atomic mass is 10.3. The van der Waals surface area contributed by atoms with Gasteiger partial charge in [0, 0.05) is 23.2 Å². The number of hydrogen-bond donors (Lipinski definition) is 2. The van der Waals surface area contributed by atoms with Gasteiger partial charge in [-0.1, -0.05) is 12.1 Å². The number of anilines is 1. The summed E-state index contributed by atoms with van der Waals surface area (Å²) in [5.41, 5.74) is 6.50. The van der Waals surface area contributed by atoms with Crippen molar-refractivity contribution in [2.75, 3.05) is 24.6 Å². The number of rotatable bonds is 7. The topological polar surface area (TPSA) is 75.4 Å². The molecule has 116 valence electrons. The van der Waals surface area contributed by atoms with E-state index in [-0.39, 0.29) is 30.2 Å². The molecule has 0 aliphatic heterocycles. The fourth-order valence-corrected chi connectivity index (χ4v) is 2.63. The molecule has 0 saturated heterocycles. The molecule has 0 radical (unpaired) electrons. The Morgan fingerprint density at radius 1 is 1.33 bits per heavy atom. The van der Waals surface area contributed by atoms with Gasteiger partial charge in [0.05, 0.1) is 12.3 Å². The summed E-state index contributed by atoms with van der Waals surface area (Å²) in [6.07, 6.45) is 0. The largest absolute Gasteiger partial charge is 0.398 e. The number of para-hydroxylation sites is 1. The third-order valence-electron chi connectivity index (χ3n) is 2.79. The summed E-state index contributed by atoms with van der Waals surface area (Å²) in [5.74, 6) is 0.0749. The number of nitrogens with one attached hydrogen (secondary N) is 1. The van der Waals surface area contributed by atoms with E-state index in [1.807, 2.05) is 39.0 Å². The van der Waals surface area contributed by atoms with Crippen LogP contribution < -0.4 is 11.1 Å². The first kappa shape index (κ1) is 17.4. The van der Waals surface area contributed by atoms with Crippen LogP contribution in [-0.4, -0.2) is 41.6 Å². The molecule has 1 aromatic rings. The molecular weight excluding hydrogens is 286 g/mol. The van der Waals surface area contributed by atoms with Gasteiger partial charge >= 0.3 is 0 Å². The Bertz CT molecular complexity index is 492. The van der Waals surface area contributed by atoms with Crippen molar-refractivity contribution < 1.29 is 9.59 Å². The lowest BCUT2D eigenvalue weighted by molar-refractivity contribution is -0.134. The number of thioether (sulfide) groups is 1. The Balaban J connectivity index is 2.52. The highest BCUT2D eigenvalue weighted by Crippen LogP contribution is 2.24. The standard InChI is InChI=1S/C15H23N3O2S/c1-4-18(9-14(19)17-11(2)3)15(20)10-21-13-8-6-5-7-12(13)16/h5-8,11H,4,9-10,16H2,1-3H3,(H,17,19). The number of amides is 2. The van der Waals surface area contributed by atoms with E-state index in [2.05, 4.69) is 5.32 Å². The highest BCUT2D eigenvalue weighted by atomic mass is 32.2. The van der Waals surface area contributed by atoms with E-state index < -0.39 is 0 Å². The van der Waals surface area contributed by atoms with Crippen LogP contribution in [0.25, 0.3) is 0 Å². The highest BCUT2D eigenvalue weighted by molar-refractivity contribution is 8.00. The third kappa shape index (κ3) is 6.08. The average Bonchev–Trinajstić information content (AvgIpc) is 2.42. The third-order valence-corrected chi connectivity index (χ3v) is 3.86. The summed E-state index contributed by atoms with van der Waals surface area (Å²) in [7, 11) is 0. The summed E-state index contributed by atoms with van der Waals surface area (Å²) in [6, 6.07) is 7.51. The maximum atomic E-state index is 12.2. The molecule has 0 spiro atoms. The highest BCUT2D eigenvalue weighted by Gasteiger charge is 2.16. The van der Waals surface area contributed by atoms with Gasteiger partial charge in [-0.15, -0.1) is 11.8 Å². The molecule has 2 amide bonds. The lowest BCUT2D eigenvalue weighted by Crippen LogP contribution is -2.43. The van der Waals surface area contributed by atoms with Crippen molar-refractivity contribution in [1.82, 2.24) is 10.2 Å². The number of carbonyl (C=O) groups excluding carboxylic acids is 2. The lowest BCUT2D eigenvalue weighted by Gasteiger charge is -2.21. The maximum Gasteiger partial charge on any atom is 0.239 e. The van der Waals surface area contributed by atoms with Gasteiger partial charge in [-0.2, -0.15) is 0 Å². The Morgan fingerprint density at radius 3 is 2.57 bits per heavy atom. The second kappa shape index (κ2) is 8.56. The average molecular weight is 309 g/mol. The smallest absolute Gasteiger partial charge is 0.239 e. The van der Waals surface area contributed by atoms with Crippen LogP contribution in [0.2, 0.25) is 0 Å². The fraction of sp³-hybridized carbons (Fsp3) is 0.467. The van der Waals surface area contributed by atoms with Gasteiger partial charge in [-0.25, -0.2) is 0 Å². The van der Waals surface area contributed by atoms with Gasteiger partial charge in [-0.3, -0.25) is 9.59 Å². The Morgan fingerprint density at radius 2 is 2.00 bits per heavy atom. The molecule has 0 unspecified atom stereocenters. The van der Waals surface area contributed by atoms with Crippen LogP contribution >= 0.6 is 11.8 Å². The van der Waals surface area contributed by atoms with Crippen LogP contribution in [0.5, 0.6) is 0 Å². The van der Waals surface area contributed by atoms with Gasteiger partial charge in [0.2, 0.25) is 11.8 Å². The van der Waals surface area contributed by atoms with Crippen LogP contribution in [-0.2, 0) is 9.59 Å². The summed E-state index contributed by atoms with van der Waals surface area (Å²) in [5, 5.41) is 2.79. The fourth-order valence-electron chi connectivity index (χ4n) is 1.76. The van der Waals surface area contributed by atoms with Crippen molar-refractivity contribution in [1.29, 1.82) is 0 Å². The van der Waals surface area contributed by atoms with E-state index in [0.29, 0.717) is 12.2 Å². The Kier molecular flexibility index (Phi) is 7.08. The molecule has 0 bridgehead atoms. The van der Waals surface area contributed by atoms with Crippen LogP contribution in [0.1, 0.15) is 20.8 Å². The van der Waals surface area contributed by atoms with Gasteiger partial charge in [-0.05, 0) is 32.9 Å². The van der Waals surface area contributed by atoms with E-state index in [0.717, 1.165) is 4.90 Å². The van der Waals surface area contributed by atoms with E-state index in [9.17, 15) is 9.59 Å². The molecule has 5 nitrogen and oxygen atoms in total. The monoisotopic (exact) mass is 309 g/mol. The minimum atomic E-state index is -0.135. The zero-order chi connectivity index (χ0) is 15.8. The van der Waals surface area contributed by atoms with Gasteiger partial charge in [0.1, 0.15) is 0 Å². The SMILES string of the molecule is CCN(CC(=O)NC(C)C)C(=O)CSc1ccccc1N. The van der Waals surface area contributed by atoms with Crippen molar-refractivity contribution in [2.24, 2.45) is 0 Å². The molecule has 0 aliphatic rings. The summed E-state index contributed by atoms with van der Waals surface area (Å²) < 4.78 is 0. The van der Waals surface area contributed by atoms with Crippen molar-refractivity contribution in [3.63, 3.8) is 0 Å². The van der Waals surface area contributed by atoms with Crippen LogP contribution in [0.3, 0.4) is 0 Å². The zero-order valence-corrected chi connectivity index (χ0v) is 13.6. The first-order valence-corrected chi connectivity index (χ1v) is 7.97. The maximum absolute atomic E-state index is 12.2. The second-order valence-corrected chi connectivity index (χ2v) is 5.97. The summed E-state index contributed by atoms with van der Waals surface area (Å²) >= 11 is 1.39. The number of likely N-dealkylation sites (N-methyl/N-ethyl adjacent to an activating group) is 1. The molecule has 1 aromatic carbocycles. The molecule has 3 N–H and O–H groups in total. The molecule has 0 aliphatic carbocycles. The number of hydrogen-bond acceptors (Lipinski definition) is 4. The first-order valence-electron chi connectivity index (χ1n) is 6.98. The number of benzene rings is 1. The van der Waals surface area contributed by atoms with Gasteiger partial charge < -0.3 is 16.0 Å². The quantitative estimate of drug-likeness (QED) is 0.594. The van der Waals surface area contributed by atoms with E-state index in [1.54, 1.807) is 11.0 Å². The predicted molar refractivity (Wildman–Crippen MR) is 87.1 cm³/mol. The normalized spacial score (nSPS) is 10.5. The second-order valence-electron chi connectivity index (χ2n) is 4.96. The van der Waals surface area contributed by atoms with Crippen molar-refractivity contribution in [3.8, 4) is 0 Å². The minimum absolute atomic E-state index is 0.0651. The zero-order valence-electron chi connectivity index (χ0n) is 12.8. The van der Waals surface area contributed by atoms with Crippen molar-refractivity contribution >= 4 is 29.3 Å². The molecule has 0 fully saturated rings. The van der Waals surface area contributed by atoms with Crippen molar-refractivity contribution in [2.45, 2.75) is 31.7 Å². The predicted octanol–water partition coefficient (Wildman–Crippen LogP) is 1.73. The van der Waals surface area contributed by atoms with Gasteiger partial charge in [0.25, 0.3) is 0 Å². The molecular formula is C15H23N3O2S. The molecule has 0 saturated carbocycles. The first-order chi connectivity index (χ1) is 9.93. The summed E-state index contributed by atoms with van der Waals surface area (Å²) in [4.78, 5) is 26.3. The van der Waals surface area contributed by atoms with Crippen LogP contribution in [0.15, 0.2) is 29.2 Å². The molecule has 1 rings (SSSR count). The van der Waals surface area contributed by atoms with E-state index in [4.69, 9.17) is 5.73 Å². The van der Waals surface area contributed by atoms with Crippen LogP contribution in [0.4, 0.5) is 5.69 Å². The molecule has 0 heterocycles. The Hall–Kier alpha value is -1.69. The van der Waals surface area contributed by atoms with Crippen LogP contribution in [0, 0.1) is 0 Å². The number of carbonyl (C=O) groups is 2. The number of nitrogens with two attached hydrogens (primary N) is 1. The van der Waals surface area contributed by atoms with Crippen molar-refractivity contribution in [3.05, 3.63) is 24.3 Å². The molecule has 6 heteroatoms. The van der Waals surface area contributed by atoms with E-state index in [1.165, 1.54) is 11.8 Å². The van der Waals surface area contributed by atoms with E-state index >= 15 is 0 Å². The number of nitrogen functional groups attached to an aromatic ring is 1. The minimum Gasteiger partial charge on any atom is -0.398 e.